The lowest BCUT2D eigenvalue weighted by Gasteiger charge is -1.89. The minimum atomic E-state index is -0.0922. The number of rotatable bonds is 2. The molecule has 0 bridgehead atoms. The zero-order chi connectivity index (χ0) is 9.84. The number of nitrogens with one attached hydrogen (secondary N) is 1. The van der Waals surface area contributed by atoms with Gasteiger partial charge in [-0.1, -0.05) is 0 Å². The average molecular weight is 196 g/mol. The molecule has 4 heteroatoms. The number of amides is 1. The van der Waals surface area contributed by atoms with Crippen LogP contribution in [-0.4, -0.2) is 17.9 Å². The summed E-state index contributed by atoms with van der Waals surface area (Å²) in [7, 11) is 1.61. The Morgan fingerprint density at radius 1 is 1.54 bits per heavy atom. The molecule has 0 atom stereocenters. The zero-order valence-corrected chi connectivity index (χ0v) is 8.73. The monoisotopic (exact) mass is 196 g/mol. The zero-order valence-electron chi connectivity index (χ0n) is 7.92. The molecule has 1 rings (SSSR count). The molecule has 0 spiro atoms. The Labute approximate surface area is 81.5 Å². The normalized spacial score (nSPS) is 10.7. The van der Waals surface area contributed by atoms with Crippen LogP contribution < -0.4 is 5.32 Å². The Morgan fingerprint density at radius 3 is 2.69 bits per heavy atom. The Bertz CT molecular complexity index is 341. The third-order valence-electron chi connectivity index (χ3n) is 1.57. The Morgan fingerprint density at radius 2 is 2.23 bits per heavy atom. The van der Waals surface area contributed by atoms with Gasteiger partial charge in [0, 0.05) is 13.1 Å². The standard InChI is InChI=1S/C9H12N2OS/c1-6-8(13-7(2)11-6)4-5-9(12)10-3/h4-5H,1-3H3,(H,10,12). The molecule has 0 aliphatic rings. The molecule has 1 aromatic heterocycles. The maximum atomic E-state index is 10.9. The molecule has 0 aliphatic heterocycles. The van der Waals surface area contributed by atoms with Crippen molar-refractivity contribution in [3.8, 4) is 0 Å². The van der Waals surface area contributed by atoms with Crippen molar-refractivity contribution >= 4 is 23.3 Å². The second-order valence-corrected chi connectivity index (χ2v) is 3.86. The van der Waals surface area contributed by atoms with Crippen LogP contribution >= 0.6 is 11.3 Å². The van der Waals surface area contributed by atoms with Crippen LogP contribution in [0.3, 0.4) is 0 Å². The molecule has 0 aliphatic carbocycles. The summed E-state index contributed by atoms with van der Waals surface area (Å²) in [5.41, 5.74) is 0.975. The van der Waals surface area contributed by atoms with Gasteiger partial charge in [-0.3, -0.25) is 4.79 Å². The van der Waals surface area contributed by atoms with Crippen molar-refractivity contribution in [3.05, 3.63) is 21.7 Å². The van der Waals surface area contributed by atoms with Crippen LogP contribution in [0.25, 0.3) is 6.08 Å². The molecule has 1 N–H and O–H groups in total. The summed E-state index contributed by atoms with van der Waals surface area (Å²) in [6, 6.07) is 0. The summed E-state index contributed by atoms with van der Waals surface area (Å²) in [6.07, 6.45) is 3.30. The van der Waals surface area contributed by atoms with Gasteiger partial charge >= 0.3 is 0 Å². The summed E-state index contributed by atoms with van der Waals surface area (Å²) in [5.74, 6) is -0.0922. The highest BCUT2D eigenvalue weighted by Gasteiger charge is 2.00. The summed E-state index contributed by atoms with van der Waals surface area (Å²) in [6.45, 7) is 3.89. The summed E-state index contributed by atoms with van der Waals surface area (Å²) in [4.78, 5) is 16.2. The largest absolute Gasteiger partial charge is 0.356 e. The van der Waals surface area contributed by atoms with E-state index in [1.807, 2.05) is 13.8 Å². The summed E-state index contributed by atoms with van der Waals surface area (Å²) >= 11 is 1.59. The minimum Gasteiger partial charge on any atom is -0.356 e. The number of thiazole rings is 1. The van der Waals surface area contributed by atoms with Gasteiger partial charge in [-0.15, -0.1) is 11.3 Å². The van der Waals surface area contributed by atoms with Crippen LogP contribution in [0.1, 0.15) is 15.6 Å². The van der Waals surface area contributed by atoms with Gasteiger partial charge in [-0.2, -0.15) is 0 Å². The van der Waals surface area contributed by atoms with E-state index in [2.05, 4.69) is 10.3 Å². The Balaban J connectivity index is 2.79. The van der Waals surface area contributed by atoms with Crippen molar-refractivity contribution in [1.82, 2.24) is 10.3 Å². The smallest absolute Gasteiger partial charge is 0.243 e. The SMILES string of the molecule is CNC(=O)C=Cc1sc(C)nc1C. The first kappa shape index (κ1) is 9.92. The molecule has 0 saturated carbocycles. The lowest BCUT2D eigenvalue weighted by Crippen LogP contribution is -2.13. The van der Waals surface area contributed by atoms with E-state index in [1.54, 1.807) is 24.5 Å². The van der Waals surface area contributed by atoms with Crippen molar-refractivity contribution < 1.29 is 4.79 Å². The molecule has 1 heterocycles. The van der Waals surface area contributed by atoms with E-state index in [0.717, 1.165) is 15.6 Å². The second kappa shape index (κ2) is 4.18. The van der Waals surface area contributed by atoms with Gasteiger partial charge < -0.3 is 5.32 Å². The summed E-state index contributed by atoms with van der Waals surface area (Å²) in [5, 5.41) is 3.54. The first-order valence-electron chi connectivity index (χ1n) is 3.97. The lowest BCUT2D eigenvalue weighted by molar-refractivity contribution is -0.115. The molecular formula is C9H12N2OS. The second-order valence-electron chi connectivity index (χ2n) is 2.63. The van der Waals surface area contributed by atoms with Crippen LogP contribution in [-0.2, 0) is 4.79 Å². The van der Waals surface area contributed by atoms with E-state index >= 15 is 0 Å². The number of hydrogen-bond acceptors (Lipinski definition) is 3. The van der Waals surface area contributed by atoms with Gasteiger partial charge in [0.1, 0.15) is 0 Å². The Hall–Kier alpha value is -1.16. The number of aryl methyl sites for hydroxylation is 2. The van der Waals surface area contributed by atoms with Gasteiger partial charge in [0.15, 0.2) is 0 Å². The minimum absolute atomic E-state index is 0.0922. The van der Waals surface area contributed by atoms with E-state index in [9.17, 15) is 4.79 Å². The highest BCUT2D eigenvalue weighted by atomic mass is 32.1. The fraction of sp³-hybridized carbons (Fsp3) is 0.333. The molecule has 0 aromatic carbocycles. The topological polar surface area (TPSA) is 42.0 Å². The van der Waals surface area contributed by atoms with Crippen LogP contribution in [0, 0.1) is 13.8 Å². The molecule has 0 radical (unpaired) electrons. The molecular weight excluding hydrogens is 184 g/mol. The van der Waals surface area contributed by atoms with Gasteiger partial charge in [-0.25, -0.2) is 4.98 Å². The summed E-state index contributed by atoms with van der Waals surface area (Å²) < 4.78 is 0. The van der Waals surface area contributed by atoms with Gasteiger partial charge in [0.2, 0.25) is 5.91 Å². The van der Waals surface area contributed by atoms with Crippen LogP contribution in [0.4, 0.5) is 0 Å². The van der Waals surface area contributed by atoms with Crippen molar-refractivity contribution in [2.45, 2.75) is 13.8 Å². The van der Waals surface area contributed by atoms with Crippen molar-refractivity contribution in [1.29, 1.82) is 0 Å². The van der Waals surface area contributed by atoms with E-state index in [-0.39, 0.29) is 5.91 Å². The van der Waals surface area contributed by atoms with Gasteiger partial charge in [0.05, 0.1) is 15.6 Å². The fourth-order valence-electron chi connectivity index (χ4n) is 0.936. The number of aromatic nitrogens is 1. The van der Waals surface area contributed by atoms with Crippen LogP contribution in [0.15, 0.2) is 6.08 Å². The van der Waals surface area contributed by atoms with E-state index in [0.29, 0.717) is 0 Å². The molecule has 0 saturated heterocycles. The van der Waals surface area contributed by atoms with Crippen molar-refractivity contribution in [2.75, 3.05) is 7.05 Å². The molecule has 13 heavy (non-hydrogen) atoms. The quantitative estimate of drug-likeness (QED) is 0.729. The highest BCUT2D eigenvalue weighted by molar-refractivity contribution is 7.12. The molecule has 0 unspecified atom stereocenters. The first-order valence-corrected chi connectivity index (χ1v) is 4.79. The van der Waals surface area contributed by atoms with E-state index < -0.39 is 0 Å². The number of carbonyl (C=O) groups is 1. The third kappa shape index (κ3) is 2.66. The number of nitrogens with zero attached hydrogens (tertiary/aromatic N) is 1. The Kier molecular flexibility index (Phi) is 3.19. The van der Waals surface area contributed by atoms with Crippen LogP contribution in [0.5, 0.6) is 0 Å². The first-order chi connectivity index (χ1) is 6.13. The fourth-order valence-corrected chi connectivity index (χ4v) is 1.77. The predicted molar refractivity (Wildman–Crippen MR) is 54.7 cm³/mol. The maximum Gasteiger partial charge on any atom is 0.243 e. The predicted octanol–water partition coefficient (Wildman–Crippen LogP) is 1.52. The van der Waals surface area contributed by atoms with E-state index in [4.69, 9.17) is 0 Å². The maximum absolute atomic E-state index is 10.9. The number of hydrogen-bond donors (Lipinski definition) is 1. The third-order valence-corrected chi connectivity index (χ3v) is 2.61. The molecule has 1 aromatic rings. The average Bonchev–Trinajstić information content (AvgIpc) is 2.41. The van der Waals surface area contributed by atoms with Gasteiger partial charge in [0.25, 0.3) is 0 Å². The number of likely N-dealkylation sites (N-methyl/N-ethyl adjacent to an activating group) is 1. The molecule has 1 amide bonds. The highest BCUT2D eigenvalue weighted by Crippen LogP contribution is 2.18. The van der Waals surface area contributed by atoms with E-state index in [1.165, 1.54) is 6.08 Å². The molecule has 3 nitrogen and oxygen atoms in total. The van der Waals surface area contributed by atoms with Crippen molar-refractivity contribution in [3.63, 3.8) is 0 Å². The van der Waals surface area contributed by atoms with Crippen LogP contribution in [0.2, 0.25) is 0 Å². The number of carbonyl (C=O) groups excluding carboxylic acids is 1. The lowest BCUT2D eigenvalue weighted by atomic mass is 10.3. The molecule has 0 fully saturated rings. The van der Waals surface area contributed by atoms with Gasteiger partial charge in [-0.05, 0) is 19.9 Å². The van der Waals surface area contributed by atoms with Crippen molar-refractivity contribution in [2.24, 2.45) is 0 Å². The molecule has 70 valence electrons.